The fourth-order valence-corrected chi connectivity index (χ4v) is 5.36. The molecule has 1 heterocycles. The molecule has 0 unspecified atom stereocenters. The maximum absolute atomic E-state index is 13.0. The van der Waals surface area contributed by atoms with Gasteiger partial charge >= 0.3 is 0 Å². The molecule has 3 aromatic rings. The highest BCUT2D eigenvalue weighted by Gasteiger charge is 2.35. The van der Waals surface area contributed by atoms with Crippen LogP contribution in [0.15, 0.2) is 70.0 Å². The van der Waals surface area contributed by atoms with Gasteiger partial charge in [-0.15, -0.1) is 0 Å². The number of nitrogens with zero attached hydrogens (tertiary/aromatic N) is 1. The molecular formula is C26H20BrClINO4S. The first-order valence-corrected chi connectivity index (χ1v) is 13.7. The Morgan fingerprint density at radius 1 is 1.09 bits per heavy atom. The number of halogens is 3. The Hall–Kier alpha value is -2.01. The summed E-state index contributed by atoms with van der Waals surface area (Å²) in [4.78, 5) is 27.2. The molecule has 1 aliphatic heterocycles. The van der Waals surface area contributed by atoms with Gasteiger partial charge in [0.1, 0.15) is 6.61 Å². The van der Waals surface area contributed by atoms with Crippen LogP contribution in [0.5, 0.6) is 11.5 Å². The predicted molar refractivity (Wildman–Crippen MR) is 152 cm³/mol. The van der Waals surface area contributed by atoms with Crippen LogP contribution in [0.3, 0.4) is 0 Å². The van der Waals surface area contributed by atoms with Crippen molar-refractivity contribution in [2.75, 3.05) is 6.61 Å². The van der Waals surface area contributed by atoms with Crippen LogP contribution in [-0.2, 0) is 17.9 Å². The van der Waals surface area contributed by atoms with Gasteiger partial charge in [-0.25, -0.2) is 0 Å². The van der Waals surface area contributed by atoms with Crippen LogP contribution in [0.4, 0.5) is 4.79 Å². The summed E-state index contributed by atoms with van der Waals surface area (Å²) in [5.41, 5.74) is 2.47. The zero-order valence-electron chi connectivity index (χ0n) is 18.6. The topological polar surface area (TPSA) is 55.8 Å². The molecule has 0 radical (unpaired) electrons. The van der Waals surface area contributed by atoms with E-state index in [0.717, 1.165) is 26.5 Å². The van der Waals surface area contributed by atoms with E-state index in [1.165, 1.54) is 4.90 Å². The Kier molecular flexibility index (Phi) is 8.80. The molecule has 0 atom stereocenters. The average Bonchev–Trinajstić information content (AvgIpc) is 3.08. The third kappa shape index (κ3) is 6.41. The van der Waals surface area contributed by atoms with Gasteiger partial charge in [-0.1, -0.05) is 41.9 Å². The first kappa shape index (κ1) is 26.1. The van der Waals surface area contributed by atoms with E-state index in [9.17, 15) is 9.59 Å². The number of hydrogen-bond acceptors (Lipinski definition) is 5. The molecule has 2 amide bonds. The summed E-state index contributed by atoms with van der Waals surface area (Å²) in [5.74, 6) is 0.751. The minimum atomic E-state index is -0.313. The highest BCUT2D eigenvalue weighted by molar-refractivity contribution is 14.1. The van der Waals surface area contributed by atoms with E-state index in [1.54, 1.807) is 12.1 Å². The van der Waals surface area contributed by atoms with Crippen molar-refractivity contribution in [3.63, 3.8) is 0 Å². The van der Waals surface area contributed by atoms with Crippen molar-refractivity contribution in [3.8, 4) is 11.5 Å². The Balaban J connectivity index is 1.55. The van der Waals surface area contributed by atoms with E-state index in [-0.39, 0.29) is 24.3 Å². The van der Waals surface area contributed by atoms with Gasteiger partial charge < -0.3 is 9.47 Å². The van der Waals surface area contributed by atoms with Gasteiger partial charge in [-0.3, -0.25) is 14.5 Å². The quantitative estimate of drug-likeness (QED) is 0.178. The van der Waals surface area contributed by atoms with Crippen LogP contribution in [0, 0.1) is 3.57 Å². The van der Waals surface area contributed by atoms with Crippen molar-refractivity contribution in [2.45, 2.75) is 20.1 Å². The summed E-state index contributed by atoms with van der Waals surface area (Å²) in [7, 11) is 0. The number of hydrogen-bond donors (Lipinski definition) is 0. The number of carbonyl (C=O) groups is 2. The molecule has 3 aromatic carbocycles. The van der Waals surface area contributed by atoms with E-state index in [0.29, 0.717) is 38.1 Å². The molecule has 0 aliphatic carbocycles. The van der Waals surface area contributed by atoms with E-state index < -0.39 is 0 Å². The van der Waals surface area contributed by atoms with Crippen LogP contribution in [0.1, 0.15) is 23.6 Å². The normalized spacial score (nSPS) is 14.6. The second-order valence-corrected chi connectivity index (χ2v) is 11.0. The molecule has 1 fully saturated rings. The van der Waals surface area contributed by atoms with Gasteiger partial charge in [0.25, 0.3) is 11.1 Å². The highest BCUT2D eigenvalue weighted by atomic mass is 127. The molecule has 9 heteroatoms. The Morgan fingerprint density at radius 2 is 1.83 bits per heavy atom. The molecule has 180 valence electrons. The molecule has 1 aliphatic rings. The van der Waals surface area contributed by atoms with Gasteiger partial charge in [0.2, 0.25) is 0 Å². The van der Waals surface area contributed by atoms with Crippen LogP contribution >= 0.6 is 61.9 Å². The lowest BCUT2D eigenvalue weighted by molar-refractivity contribution is -0.123. The summed E-state index contributed by atoms with van der Waals surface area (Å²) in [6.45, 7) is 2.83. The van der Waals surface area contributed by atoms with Crippen LogP contribution in [0.25, 0.3) is 6.08 Å². The summed E-state index contributed by atoms with van der Waals surface area (Å²) < 4.78 is 13.6. The van der Waals surface area contributed by atoms with Crippen molar-refractivity contribution >= 4 is 79.1 Å². The minimum Gasteiger partial charge on any atom is -0.490 e. The molecule has 1 saturated heterocycles. The molecule has 0 N–H and O–H groups in total. The fraction of sp³-hybridized carbons (Fsp3) is 0.154. The average molecular weight is 685 g/mol. The van der Waals surface area contributed by atoms with Crippen molar-refractivity contribution in [3.05, 3.63) is 95.3 Å². The number of ether oxygens (including phenoxy) is 2. The second-order valence-electron chi connectivity index (χ2n) is 7.54. The van der Waals surface area contributed by atoms with E-state index in [4.69, 9.17) is 21.1 Å². The maximum atomic E-state index is 13.0. The fourth-order valence-electron chi connectivity index (χ4n) is 3.40. The third-order valence-electron chi connectivity index (χ3n) is 5.09. The molecule has 0 aromatic heterocycles. The monoisotopic (exact) mass is 683 g/mol. The SMILES string of the molecule is CCOc1cc(/C=C2/SC(=O)N(Cc3ccc(I)cc3)C2=O)cc(Br)c1OCc1ccccc1Cl. The molecule has 0 spiro atoms. The number of imide groups is 1. The second kappa shape index (κ2) is 11.8. The van der Waals surface area contributed by atoms with Crippen LogP contribution in [0.2, 0.25) is 5.02 Å². The summed E-state index contributed by atoms with van der Waals surface area (Å²) in [5, 5.41) is 0.336. The van der Waals surface area contributed by atoms with E-state index >= 15 is 0 Å². The Bertz CT molecular complexity index is 1300. The summed E-state index contributed by atoms with van der Waals surface area (Å²) in [6.07, 6.45) is 1.70. The Morgan fingerprint density at radius 3 is 2.54 bits per heavy atom. The molecule has 0 bridgehead atoms. The Labute approximate surface area is 235 Å². The standard InChI is InChI=1S/C26H20BrClINO4S/c1-2-33-22-12-17(11-20(27)24(22)34-15-18-5-3-4-6-21(18)28)13-23-25(31)30(26(32)35-23)14-16-7-9-19(29)10-8-16/h3-13H,2,14-15H2,1H3/b23-13+. The molecule has 5 nitrogen and oxygen atoms in total. The van der Waals surface area contributed by atoms with Crippen molar-refractivity contribution in [1.29, 1.82) is 0 Å². The number of amides is 2. The lowest BCUT2D eigenvalue weighted by Gasteiger charge is -2.15. The first-order chi connectivity index (χ1) is 16.9. The van der Waals surface area contributed by atoms with Gasteiger partial charge in [-0.2, -0.15) is 0 Å². The molecule has 35 heavy (non-hydrogen) atoms. The molecule has 4 rings (SSSR count). The summed E-state index contributed by atoms with van der Waals surface area (Å²) in [6, 6.07) is 18.8. The minimum absolute atomic E-state index is 0.238. The van der Waals surface area contributed by atoms with Crippen molar-refractivity contribution in [2.24, 2.45) is 0 Å². The number of benzene rings is 3. The van der Waals surface area contributed by atoms with Gasteiger partial charge in [0.05, 0.1) is 22.5 Å². The smallest absolute Gasteiger partial charge is 0.293 e. The maximum Gasteiger partial charge on any atom is 0.293 e. The first-order valence-electron chi connectivity index (χ1n) is 10.7. The zero-order valence-corrected chi connectivity index (χ0v) is 23.9. The van der Waals surface area contributed by atoms with Gasteiger partial charge in [0, 0.05) is 14.2 Å². The van der Waals surface area contributed by atoms with Crippen molar-refractivity contribution < 1.29 is 19.1 Å². The zero-order chi connectivity index (χ0) is 24.9. The number of carbonyl (C=O) groups excluding carboxylic acids is 2. The number of rotatable bonds is 8. The highest BCUT2D eigenvalue weighted by Crippen LogP contribution is 2.40. The largest absolute Gasteiger partial charge is 0.490 e. The van der Waals surface area contributed by atoms with Gasteiger partial charge in [0.15, 0.2) is 11.5 Å². The van der Waals surface area contributed by atoms with E-state index in [1.807, 2.05) is 61.5 Å². The summed E-state index contributed by atoms with van der Waals surface area (Å²) >= 11 is 13.0. The lowest BCUT2D eigenvalue weighted by Crippen LogP contribution is -2.27. The molecule has 0 saturated carbocycles. The van der Waals surface area contributed by atoms with Crippen LogP contribution < -0.4 is 9.47 Å². The third-order valence-corrected chi connectivity index (χ3v) is 7.67. The van der Waals surface area contributed by atoms with Gasteiger partial charge in [-0.05, 0) is 105 Å². The predicted octanol–water partition coefficient (Wildman–Crippen LogP) is 7.92. The van der Waals surface area contributed by atoms with Crippen LogP contribution in [-0.4, -0.2) is 22.7 Å². The van der Waals surface area contributed by atoms with E-state index in [2.05, 4.69) is 38.5 Å². The van der Waals surface area contributed by atoms with Crippen molar-refractivity contribution in [1.82, 2.24) is 4.90 Å². The number of thioether (sulfide) groups is 1. The molecular weight excluding hydrogens is 665 g/mol. The lowest BCUT2D eigenvalue weighted by atomic mass is 10.1.